The van der Waals surface area contributed by atoms with Crippen LogP contribution in [0, 0.1) is 5.82 Å². The number of pyridine rings is 1. The van der Waals surface area contributed by atoms with Gasteiger partial charge in [-0.05, 0) is 29.8 Å². The number of rotatable bonds is 6. The van der Waals surface area contributed by atoms with Crippen LogP contribution in [0.4, 0.5) is 26.5 Å². The Morgan fingerprint density at radius 2 is 1.96 bits per heavy atom. The molecule has 0 aliphatic heterocycles. The van der Waals surface area contributed by atoms with Crippen molar-refractivity contribution in [3.8, 4) is 0 Å². The van der Waals surface area contributed by atoms with Crippen LogP contribution in [-0.2, 0) is 11.3 Å². The van der Waals surface area contributed by atoms with Crippen LogP contribution in [0.1, 0.15) is 5.56 Å². The number of alkyl halides is 1. The number of nitrogens with one attached hydrogen (secondary N) is 2. The van der Waals surface area contributed by atoms with Gasteiger partial charge in [-0.2, -0.15) is 0 Å². The van der Waals surface area contributed by atoms with Crippen molar-refractivity contribution < 1.29 is 13.9 Å². The first kappa shape index (κ1) is 19.8. The lowest BCUT2D eigenvalue weighted by atomic mass is 10.2. The normalized spacial score (nSPS) is 9.75. The van der Waals surface area contributed by atoms with Crippen molar-refractivity contribution in [2.75, 3.05) is 28.9 Å². The molecule has 0 unspecified atom stereocenters. The molecule has 1 heterocycles. The lowest BCUT2D eigenvalue weighted by molar-refractivity contribution is 0.168. The summed E-state index contributed by atoms with van der Waals surface area (Å²) in [4.78, 5) is 15.6. The zero-order valence-corrected chi connectivity index (χ0v) is 14.2. The van der Waals surface area contributed by atoms with E-state index in [0.29, 0.717) is 18.1 Å². The summed E-state index contributed by atoms with van der Waals surface area (Å²) in [6, 6.07) is 9.40. The molecule has 4 N–H and O–H groups in total. The fourth-order valence-corrected chi connectivity index (χ4v) is 1.83. The monoisotopic (exact) mass is 374 g/mol. The molecule has 0 bridgehead atoms. The van der Waals surface area contributed by atoms with Crippen LogP contribution in [0.25, 0.3) is 0 Å². The van der Waals surface area contributed by atoms with E-state index in [0.717, 1.165) is 5.56 Å². The molecule has 0 saturated heterocycles. The number of nitrogens with zero attached hydrogens (tertiary/aromatic N) is 1. The Labute approximate surface area is 150 Å². The van der Waals surface area contributed by atoms with E-state index in [1.165, 1.54) is 12.1 Å². The number of amides is 1. The Morgan fingerprint density at radius 3 is 2.58 bits per heavy atom. The van der Waals surface area contributed by atoms with E-state index < -0.39 is 6.09 Å². The van der Waals surface area contributed by atoms with Crippen LogP contribution < -0.4 is 16.4 Å². The number of nitrogens with two attached hydrogens (primary N) is 1. The highest BCUT2D eigenvalue weighted by Crippen LogP contribution is 2.19. The molecule has 24 heavy (non-hydrogen) atoms. The van der Waals surface area contributed by atoms with Crippen molar-refractivity contribution in [3.63, 3.8) is 0 Å². The van der Waals surface area contributed by atoms with Crippen molar-refractivity contribution in [3.05, 3.63) is 47.8 Å². The molecule has 2 aromatic rings. The number of halogens is 3. The van der Waals surface area contributed by atoms with Gasteiger partial charge in [0, 0.05) is 6.54 Å². The molecule has 0 saturated carbocycles. The third-order valence-corrected chi connectivity index (χ3v) is 3.01. The van der Waals surface area contributed by atoms with Crippen molar-refractivity contribution in [2.24, 2.45) is 0 Å². The second-order valence-electron chi connectivity index (χ2n) is 4.56. The fourth-order valence-electron chi connectivity index (χ4n) is 1.75. The summed E-state index contributed by atoms with van der Waals surface area (Å²) < 4.78 is 17.6. The van der Waals surface area contributed by atoms with E-state index in [1.807, 2.05) is 0 Å². The highest BCUT2D eigenvalue weighted by atomic mass is 35.5. The van der Waals surface area contributed by atoms with Crippen LogP contribution >= 0.6 is 24.0 Å². The molecule has 0 aliphatic rings. The van der Waals surface area contributed by atoms with Crippen molar-refractivity contribution in [2.45, 2.75) is 6.54 Å². The maximum atomic E-state index is 12.8. The molecule has 0 atom stereocenters. The van der Waals surface area contributed by atoms with Gasteiger partial charge < -0.3 is 15.8 Å². The maximum Gasteiger partial charge on any atom is 0.411 e. The molecule has 0 spiro atoms. The SMILES string of the molecule is Cl.Nc1nc(NCc2ccc(F)cc2)ccc1NC(=O)OCCCl. The van der Waals surface area contributed by atoms with Gasteiger partial charge in [-0.25, -0.2) is 14.2 Å². The van der Waals surface area contributed by atoms with Crippen molar-refractivity contribution in [1.82, 2.24) is 4.98 Å². The van der Waals surface area contributed by atoms with E-state index in [1.54, 1.807) is 24.3 Å². The largest absolute Gasteiger partial charge is 0.448 e. The Balaban J connectivity index is 0.00000288. The number of ether oxygens (including phenoxy) is 1. The van der Waals surface area contributed by atoms with E-state index in [9.17, 15) is 9.18 Å². The van der Waals surface area contributed by atoms with Gasteiger partial charge in [0.2, 0.25) is 0 Å². The molecule has 1 aromatic carbocycles. The van der Waals surface area contributed by atoms with Gasteiger partial charge >= 0.3 is 6.09 Å². The summed E-state index contributed by atoms with van der Waals surface area (Å²) in [5.41, 5.74) is 7.04. The molecular formula is C15H17Cl2FN4O2. The molecule has 0 aliphatic carbocycles. The summed E-state index contributed by atoms with van der Waals surface area (Å²) >= 11 is 5.42. The lowest BCUT2D eigenvalue weighted by Crippen LogP contribution is -2.16. The first-order valence-corrected chi connectivity index (χ1v) is 7.36. The summed E-state index contributed by atoms with van der Waals surface area (Å²) in [6.45, 7) is 0.579. The molecule has 6 nitrogen and oxygen atoms in total. The van der Waals surface area contributed by atoms with Gasteiger partial charge in [-0.15, -0.1) is 24.0 Å². The highest BCUT2D eigenvalue weighted by Gasteiger charge is 2.08. The van der Waals surface area contributed by atoms with E-state index in [4.69, 9.17) is 22.1 Å². The number of carbonyl (C=O) groups excluding carboxylic acids is 1. The van der Waals surface area contributed by atoms with Crippen LogP contribution in [0.3, 0.4) is 0 Å². The minimum absolute atomic E-state index is 0. The highest BCUT2D eigenvalue weighted by molar-refractivity contribution is 6.18. The average molecular weight is 375 g/mol. The predicted molar refractivity (Wildman–Crippen MR) is 95.3 cm³/mol. The second kappa shape index (κ2) is 9.79. The van der Waals surface area contributed by atoms with Gasteiger partial charge in [0.05, 0.1) is 11.6 Å². The topological polar surface area (TPSA) is 89.3 Å². The van der Waals surface area contributed by atoms with Crippen LogP contribution in [0.5, 0.6) is 0 Å². The van der Waals surface area contributed by atoms with Gasteiger partial charge in [-0.3, -0.25) is 5.32 Å². The average Bonchev–Trinajstić information content (AvgIpc) is 2.54. The molecule has 1 amide bonds. The summed E-state index contributed by atoms with van der Waals surface area (Å²) in [7, 11) is 0. The van der Waals surface area contributed by atoms with Gasteiger partial charge in [-0.1, -0.05) is 12.1 Å². The zero-order valence-electron chi connectivity index (χ0n) is 12.6. The third kappa shape index (κ3) is 6.10. The summed E-state index contributed by atoms with van der Waals surface area (Å²) in [6.07, 6.45) is -0.647. The summed E-state index contributed by atoms with van der Waals surface area (Å²) in [5.74, 6) is 0.615. The molecule has 0 radical (unpaired) electrons. The standard InChI is InChI=1S/C15H16ClFN4O2.ClH/c16-7-8-23-15(22)20-12-5-6-13(21-14(12)18)19-9-10-1-3-11(17)4-2-10;/h1-6H,7-9H2,(H,20,22)(H3,18,19,21);1H. The second-order valence-corrected chi connectivity index (χ2v) is 4.94. The maximum absolute atomic E-state index is 12.8. The van der Waals surface area contributed by atoms with Gasteiger partial charge in [0.15, 0.2) is 0 Å². The third-order valence-electron chi connectivity index (χ3n) is 2.86. The van der Waals surface area contributed by atoms with Crippen molar-refractivity contribution in [1.29, 1.82) is 0 Å². The molecule has 9 heteroatoms. The van der Waals surface area contributed by atoms with Crippen molar-refractivity contribution >= 4 is 47.4 Å². The smallest absolute Gasteiger partial charge is 0.411 e. The number of carbonyl (C=O) groups is 1. The predicted octanol–water partition coefficient (Wildman–Crippen LogP) is 3.62. The van der Waals surface area contributed by atoms with Crippen LogP contribution in [0.2, 0.25) is 0 Å². The van der Waals surface area contributed by atoms with E-state index in [-0.39, 0.29) is 36.5 Å². The number of aromatic nitrogens is 1. The molecule has 0 fully saturated rings. The Kier molecular flexibility index (Phi) is 8.08. The van der Waals surface area contributed by atoms with Crippen LogP contribution in [-0.4, -0.2) is 23.6 Å². The van der Waals surface area contributed by atoms with Gasteiger partial charge in [0.1, 0.15) is 24.1 Å². The Morgan fingerprint density at radius 1 is 1.25 bits per heavy atom. The lowest BCUT2D eigenvalue weighted by Gasteiger charge is -2.10. The first-order chi connectivity index (χ1) is 11.1. The molecule has 130 valence electrons. The Hall–Kier alpha value is -2.25. The molecule has 2 rings (SSSR count). The quantitative estimate of drug-likeness (QED) is 0.671. The minimum atomic E-state index is -0.647. The molecule has 1 aromatic heterocycles. The minimum Gasteiger partial charge on any atom is -0.448 e. The number of anilines is 3. The van der Waals surface area contributed by atoms with E-state index in [2.05, 4.69) is 15.6 Å². The van der Waals surface area contributed by atoms with E-state index >= 15 is 0 Å². The van der Waals surface area contributed by atoms with Crippen LogP contribution in [0.15, 0.2) is 36.4 Å². The Bertz CT molecular complexity index is 671. The molecular weight excluding hydrogens is 358 g/mol. The van der Waals surface area contributed by atoms with Gasteiger partial charge in [0.25, 0.3) is 0 Å². The fraction of sp³-hybridized carbons (Fsp3) is 0.200. The zero-order chi connectivity index (χ0) is 16.7. The number of benzene rings is 1. The number of hydrogen-bond acceptors (Lipinski definition) is 5. The summed E-state index contributed by atoms with van der Waals surface area (Å²) in [5, 5.41) is 5.54. The number of nitrogen functional groups attached to an aromatic ring is 1. The first-order valence-electron chi connectivity index (χ1n) is 6.83. The number of hydrogen-bond donors (Lipinski definition) is 3.